The molecule has 1 aromatic carbocycles. The van der Waals surface area contributed by atoms with Crippen LogP contribution in [0.4, 0.5) is 11.6 Å². The molecule has 128 valence electrons. The first-order valence-electron chi connectivity index (χ1n) is 8.17. The SMILES string of the molecule is CCCCCNc1nc(C)cc(C(=O)Nc2cccc(Cl)c2C)n1. The third-order valence-corrected chi connectivity index (χ3v) is 4.08. The van der Waals surface area contributed by atoms with Crippen LogP contribution in [0.1, 0.15) is 47.9 Å². The molecule has 2 aromatic rings. The number of carbonyl (C=O) groups excluding carboxylic acids is 1. The van der Waals surface area contributed by atoms with Crippen LogP contribution in [0.2, 0.25) is 5.02 Å². The fourth-order valence-electron chi connectivity index (χ4n) is 2.27. The lowest BCUT2D eigenvalue weighted by Crippen LogP contribution is -2.17. The number of anilines is 2. The van der Waals surface area contributed by atoms with Gasteiger partial charge in [-0.25, -0.2) is 9.97 Å². The van der Waals surface area contributed by atoms with E-state index >= 15 is 0 Å². The number of nitrogens with zero attached hydrogens (tertiary/aromatic N) is 2. The highest BCUT2D eigenvalue weighted by molar-refractivity contribution is 6.31. The molecule has 0 fully saturated rings. The summed E-state index contributed by atoms with van der Waals surface area (Å²) in [6.07, 6.45) is 3.36. The molecular formula is C18H23ClN4O. The van der Waals surface area contributed by atoms with Gasteiger partial charge in [-0.15, -0.1) is 0 Å². The minimum atomic E-state index is -0.275. The summed E-state index contributed by atoms with van der Waals surface area (Å²) in [5.41, 5.74) is 2.59. The van der Waals surface area contributed by atoms with Crippen molar-refractivity contribution in [1.82, 2.24) is 9.97 Å². The first-order chi connectivity index (χ1) is 11.5. The van der Waals surface area contributed by atoms with Crippen LogP contribution in [0.5, 0.6) is 0 Å². The van der Waals surface area contributed by atoms with Crippen LogP contribution in [0.25, 0.3) is 0 Å². The molecule has 1 amide bonds. The van der Waals surface area contributed by atoms with Gasteiger partial charge in [-0.3, -0.25) is 4.79 Å². The van der Waals surface area contributed by atoms with Crippen molar-refractivity contribution in [1.29, 1.82) is 0 Å². The number of aromatic nitrogens is 2. The number of benzene rings is 1. The summed E-state index contributed by atoms with van der Waals surface area (Å²) in [6.45, 7) is 6.67. The number of carbonyl (C=O) groups is 1. The zero-order chi connectivity index (χ0) is 17.5. The molecule has 0 unspecified atom stereocenters. The molecule has 1 heterocycles. The second-order valence-electron chi connectivity index (χ2n) is 5.72. The van der Waals surface area contributed by atoms with Crippen molar-refractivity contribution >= 4 is 29.1 Å². The summed E-state index contributed by atoms with van der Waals surface area (Å²) in [5.74, 6) is 0.210. The zero-order valence-corrected chi connectivity index (χ0v) is 15.1. The second kappa shape index (κ2) is 8.64. The van der Waals surface area contributed by atoms with E-state index in [1.54, 1.807) is 18.2 Å². The van der Waals surface area contributed by atoms with E-state index in [-0.39, 0.29) is 5.91 Å². The maximum absolute atomic E-state index is 12.5. The molecule has 5 nitrogen and oxygen atoms in total. The molecule has 24 heavy (non-hydrogen) atoms. The van der Waals surface area contributed by atoms with E-state index in [1.807, 2.05) is 19.9 Å². The molecule has 0 aliphatic heterocycles. The van der Waals surface area contributed by atoms with Crippen LogP contribution in [-0.4, -0.2) is 22.4 Å². The number of amides is 1. The van der Waals surface area contributed by atoms with Gasteiger partial charge in [-0.1, -0.05) is 37.4 Å². The topological polar surface area (TPSA) is 66.9 Å². The van der Waals surface area contributed by atoms with Crippen molar-refractivity contribution in [3.05, 3.63) is 46.2 Å². The maximum atomic E-state index is 12.5. The van der Waals surface area contributed by atoms with Crippen molar-refractivity contribution in [2.45, 2.75) is 40.0 Å². The highest BCUT2D eigenvalue weighted by Gasteiger charge is 2.12. The summed E-state index contributed by atoms with van der Waals surface area (Å²) >= 11 is 6.09. The Kier molecular flexibility index (Phi) is 6.55. The van der Waals surface area contributed by atoms with Crippen molar-refractivity contribution in [2.75, 3.05) is 17.2 Å². The zero-order valence-electron chi connectivity index (χ0n) is 14.3. The Morgan fingerprint density at radius 2 is 2.00 bits per heavy atom. The quantitative estimate of drug-likeness (QED) is 0.719. The molecule has 0 aliphatic rings. The van der Waals surface area contributed by atoms with Gasteiger partial charge in [0.25, 0.3) is 5.91 Å². The van der Waals surface area contributed by atoms with Gasteiger partial charge in [0, 0.05) is 22.9 Å². The minimum absolute atomic E-state index is 0.275. The number of aryl methyl sites for hydroxylation is 1. The van der Waals surface area contributed by atoms with E-state index in [2.05, 4.69) is 27.5 Å². The van der Waals surface area contributed by atoms with Crippen LogP contribution in [-0.2, 0) is 0 Å². The van der Waals surface area contributed by atoms with Crippen molar-refractivity contribution in [3.63, 3.8) is 0 Å². The van der Waals surface area contributed by atoms with Crippen LogP contribution < -0.4 is 10.6 Å². The number of rotatable bonds is 7. The van der Waals surface area contributed by atoms with Gasteiger partial charge in [-0.2, -0.15) is 0 Å². The Balaban J connectivity index is 2.11. The average molecular weight is 347 g/mol. The normalized spacial score (nSPS) is 10.5. The molecule has 2 rings (SSSR count). The Hall–Kier alpha value is -2.14. The fraction of sp³-hybridized carbons (Fsp3) is 0.389. The maximum Gasteiger partial charge on any atom is 0.274 e. The molecule has 0 saturated heterocycles. The van der Waals surface area contributed by atoms with Gasteiger partial charge in [0.1, 0.15) is 5.69 Å². The number of hydrogen-bond donors (Lipinski definition) is 2. The van der Waals surface area contributed by atoms with Crippen LogP contribution in [0.15, 0.2) is 24.3 Å². The van der Waals surface area contributed by atoms with Crippen molar-refractivity contribution in [2.24, 2.45) is 0 Å². The monoisotopic (exact) mass is 346 g/mol. The Bertz CT molecular complexity index is 718. The molecule has 0 atom stereocenters. The third-order valence-electron chi connectivity index (χ3n) is 3.67. The molecule has 2 N–H and O–H groups in total. The molecule has 0 bridgehead atoms. The van der Waals surface area contributed by atoms with E-state index in [0.29, 0.717) is 22.4 Å². The average Bonchev–Trinajstić information content (AvgIpc) is 2.55. The largest absolute Gasteiger partial charge is 0.354 e. The van der Waals surface area contributed by atoms with E-state index in [4.69, 9.17) is 11.6 Å². The van der Waals surface area contributed by atoms with Crippen molar-refractivity contribution in [3.8, 4) is 0 Å². The summed E-state index contributed by atoms with van der Waals surface area (Å²) < 4.78 is 0. The first-order valence-corrected chi connectivity index (χ1v) is 8.55. The number of unbranched alkanes of at least 4 members (excludes halogenated alkanes) is 2. The van der Waals surface area contributed by atoms with Crippen LogP contribution in [0, 0.1) is 13.8 Å². The van der Waals surface area contributed by atoms with E-state index in [1.165, 1.54) is 0 Å². The Labute approximate surface area is 147 Å². The van der Waals surface area contributed by atoms with E-state index in [0.717, 1.165) is 37.1 Å². The number of hydrogen-bond acceptors (Lipinski definition) is 4. The van der Waals surface area contributed by atoms with Gasteiger partial charge in [0.05, 0.1) is 0 Å². The first kappa shape index (κ1) is 18.2. The van der Waals surface area contributed by atoms with Gasteiger partial charge >= 0.3 is 0 Å². The number of nitrogens with one attached hydrogen (secondary N) is 2. The molecule has 1 aromatic heterocycles. The second-order valence-corrected chi connectivity index (χ2v) is 6.13. The summed E-state index contributed by atoms with van der Waals surface area (Å²) in [7, 11) is 0. The van der Waals surface area contributed by atoms with Crippen LogP contribution >= 0.6 is 11.6 Å². The highest BCUT2D eigenvalue weighted by atomic mass is 35.5. The summed E-state index contributed by atoms with van der Waals surface area (Å²) in [4.78, 5) is 21.1. The van der Waals surface area contributed by atoms with Gasteiger partial charge < -0.3 is 10.6 Å². The molecule has 0 spiro atoms. The Morgan fingerprint density at radius 3 is 2.75 bits per heavy atom. The third kappa shape index (κ3) is 4.93. The fourth-order valence-corrected chi connectivity index (χ4v) is 2.44. The highest BCUT2D eigenvalue weighted by Crippen LogP contribution is 2.23. The predicted octanol–water partition coefficient (Wildman–Crippen LogP) is 4.60. The van der Waals surface area contributed by atoms with E-state index < -0.39 is 0 Å². The van der Waals surface area contributed by atoms with Gasteiger partial charge in [0.15, 0.2) is 0 Å². The molecule has 0 saturated carbocycles. The lowest BCUT2D eigenvalue weighted by atomic mass is 10.2. The smallest absolute Gasteiger partial charge is 0.274 e. The summed E-state index contributed by atoms with van der Waals surface area (Å²) in [5, 5.41) is 6.65. The predicted molar refractivity (Wildman–Crippen MR) is 98.9 cm³/mol. The Morgan fingerprint density at radius 1 is 1.21 bits per heavy atom. The van der Waals surface area contributed by atoms with E-state index in [9.17, 15) is 4.79 Å². The lowest BCUT2D eigenvalue weighted by molar-refractivity contribution is 0.102. The lowest BCUT2D eigenvalue weighted by Gasteiger charge is -2.11. The molecule has 6 heteroatoms. The molecule has 0 aliphatic carbocycles. The standard InChI is InChI=1S/C18H23ClN4O/c1-4-5-6-10-20-18-21-12(2)11-16(23-18)17(24)22-15-9-7-8-14(19)13(15)3/h7-9,11H,4-6,10H2,1-3H3,(H,22,24)(H,20,21,23). The van der Waals surface area contributed by atoms with Gasteiger partial charge in [0.2, 0.25) is 5.95 Å². The van der Waals surface area contributed by atoms with Crippen LogP contribution in [0.3, 0.4) is 0 Å². The molecule has 0 radical (unpaired) electrons. The van der Waals surface area contributed by atoms with Gasteiger partial charge in [-0.05, 0) is 44.0 Å². The number of halogens is 1. The minimum Gasteiger partial charge on any atom is -0.354 e. The molecular weight excluding hydrogens is 324 g/mol. The van der Waals surface area contributed by atoms with Crippen molar-refractivity contribution < 1.29 is 4.79 Å². The summed E-state index contributed by atoms with van der Waals surface area (Å²) in [6, 6.07) is 7.08.